The number of hydrogen-bond acceptors (Lipinski definition) is 5. The highest BCUT2D eigenvalue weighted by molar-refractivity contribution is 8.00. The average Bonchev–Trinajstić information content (AvgIpc) is 3.48. The molecule has 0 fully saturated rings. The fraction of sp³-hybridized carbons (Fsp3) is 0.0571. The van der Waals surface area contributed by atoms with Gasteiger partial charge in [0.05, 0.1) is 5.69 Å². The lowest BCUT2D eigenvalue weighted by Gasteiger charge is -2.17. The van der Waals surface area contributed by atoms with Crippen molar-refractivity contribution in [2.45, 2.75) is 17.1 Å². The summed E-state index contributed by atoms with van der Waals surface area (Å²) in [7, 11) is 0. The minimum atomic E-state index is -0.526. The summed E-state index contributed by atoms with van der Waals surface area (Å²) in [5.41, 5.74) is 4.99. The third-order valence-electron chi connectivity index (χ3n) is 6.75. The Balaban J connectivity index is 1.20. The van der Waals surface area contributed by atoms with Crippen LogP contribution in [0.15, 0.2) is 132 Å². The highest BCUT2D eigenvalue weighted by Gasteiger charge is 2.23. The number of benzene rings is 5. The molecule has 2 amide bonds. The SMILES string of the molecule is Cc1cccc(C(=O)Nc2cccc(SC(C(=O)Nc3nc(-c4ccc5ccccc5c4)cs3)c3ccccc3)c2)c1. The van der Waals surface area contributed by atoms with Gasteiger partial charge in [0, 0.05) is 27.1 Å². The van der Waals surface area contributed by atoms with Crippen molar-refractivity contribution in [1.29, 1.82) is 0 Å². The number of fused-ring (bicyclic) bond motifs is 1. The van der Waals surface area contributed by atoms with E-state index >= 15 is 0 Å². The molecule has 7 heteroatoms. The highest BCUT2D eigenvalue weighted by atomic mass is 32.2. The largest absolute Gasteiger partial charge is 0.322 e. The first kappa shape index (κ1) is 27.4. The molecule has 0 aliphatic heterocycles. The van der Waals surface area contributed by atoms with Crippen molar-refractivity contribution in [2.24, 2.45) is 0 Å². The molecular weight excluding hydrogens is 559 g/mol. The van der Waals surface area contributed by atoms with Crippen molar-refractivity contribution in [2.75, 3.05) is 10.6 Å². The third-order valence-corrected chi connectivity index (χ3v) is 8.75. The number of nitrogens with zero attached hydrogens (tertiary/aromatic N) is 1. The van der Waals surface area contributed by atoms with Gasteiger partial charge < -0.3 is 10.6 Å². The Kier molecular flexibility index (Phi) is 8.12. The molecule has 0 aliphatic carbocycles. The molecule has 0 spiro atoms. The predicted octanol–water partition coefficient (Wildman–Crippen LogP) is 9.00. The van der Waals surface area contributed by atoms with Crippen molar-refractivity contribution in [3.8, 4) is 11.3 Å². The van der Waals surface area contributed by atoms with Gasteiger partial charge in [0.1, 0.15) is 5.25 Å². The van der Waals surface area contributed by atoms with Crippen LogP contribution in [-0.2, 0) is 4.79 Å². The second-order valence-corrected chi connectivity index (χ2v) is 11.9. The molecule has 0 radical (unpaired) electrons. The Morgan fingerprint density at radius 1 is 0.762 bits per heavy atom. The molecule has 1 heterocycles. The molecule has 5 nitrogen and oxygen atoms in total. The number of anilines is 2. The maximum atomic E-state index is 13.7. The molecular formula is C35H27N3O2S2. The minimum absolute atomic E-state index is 0.167. The molecule has 0 bridgehead atoms. The summed E-state index contributed by atoms with van der Waals surface area (Å²) < 4.78 is 0. The molecule has 1 atom stereocenters. The molecule has 1 aromatic heterocycles. The number of hydrogen-bond donors (Lipinski definition) is 2. The van der Waals surface area contributed by atoms with Crippen molar-refractivity contribution in [1.82, 2.24) is 4.98 Å². The van der Waals surface area contributed by atoms with Gasteiger partial charge in [0.2, 0.25) is 5.91 Å². The van der Waals surface area contributed by atoms with Gasteiger partial charge in [-0.2, -0.15) is 0 Å². The molecule has 1 unspecified atom stereocenters. The van der Waals surface area contributed by atoms with Gasteiger partial charge in [-0.1, -0.05) is 90.5 Å². The van der Waals surface area contributed by atoms with Crippen LogP contribution in [-0.4, -0.2) is 16.8 Å². The van der Waals surface area contributed by atoms with Gasteiger partial charge in [-0.3, -0.25) is 9.59 Å². The van der Waals surface area contributed by atoms with E-state index in [0.29, 0.717) is 16.4 Å². The van der Waals surface area contributed by atoms with Crippen LogP contribution in [0.3, 0.4) is 0 Å². The lowest BCUT2D eigenvalue weighted by Crippen LogP contribution is -2.19. The summed E-state index contributed by atoms with van der Waals surface area (Å²) in [6.07, 6.45) is 0. The van der Waals surface area contributed by atoms with Crippen LogP contribution in [0, 0.1) is 6.92 Å². The van der Waals surface area contributed by atoms with E-state index in [9.17, 15) is 9.59 Å². The zero-order valence-corrected chi connectivity index (χ0v) is 24.4. The Bertz CT molecular complexity index is 1880. The first-order valence-corrected chi connectivity index (χ1v) is 15.2. The summed E-state index contributed by atoms with van der Waals surface area (Å²) in [4.78, 5) is 32.1. The number of thioether (sulfide) groups is 1. The van der Waals surface area contributed by atoms with E-state index in [0.717, 1.165) is 32.7 Å². The van der Waals surface area contributed by atoms with Gasteiger partial charge in [0.25, 0.3) is 5.91 Å². The molecule has 206 valence electrons. The number of carbonyl (C=O) groups is 2. The summed E-state index contributed by atoms with van der Waals surface area (Å²) >= 11 is 2.83. The standard InChI is InChI=1S/C35H27N3O2S2/c1-23-9-7-14-28(19-23)33(39)36-29-15-8-16-30(21-29)42-32(25-11-3-2-4-12-25)34(40)38-35-37-31(22-41-35)27-18-17-24-10-5-6-13-26(24)20-27/h2-22,32H,1H3,(H,36,39)(H,37,38,40). The van der Waals surface area contributed by atoms with E-state index in [-0.39, 0.29) is 11.8 Å². The van der Waals surface area contributed by atoms with Gasteiger partial charge in [-0.05, 0) is 59.7 Å². The summed E-state index contributed by atoms with van der Waals surface area (Å²) in [6.45, 7) is 1.96. The van der Waals surface area contributed by atoms with Crippen LogP contribution < -0.4 is 10.6 Å². The average molecular weight is 586 g/mol. The normalized spacial score (nSPS) is 11.6. The smallest absolute Gasteiger partial charge is 0.255 e. The summed E-state index contributed by atoms with van der Waals surface area (Å²) in [5, 5.41) is 10.3. The predicted molar refractivity (Wildman–Crippen MR) is 174 cm³/mol. The lowest BCUT2D eigenvalue weighted by molar-refractivity contribution is -0.115. The van der Waals surface area contributed by atoms with Crippen LogP contribution in [0.1, 0.15) is 26.7 Å². The van der Waals surface area contributed by atoms with Crippen LogP contribution >= 0.6 is 23.1 Å². The van der Waals surface area contributed by atoms with E-state index in [1.165, 1.54) is 28.5 Å². The number of rotatable bonds is 8. The number of nitrogens with one attached hydrogen (secondary N) is 2. The van der Waals surface area contributed by atoms with Crippen LogP contribution in [0.25, 0.3) is 22.0 Å². The first-order chi connectivity index (χ1) is 20.5. The molecule has 42 heavy (non-hydrogen) atoms. The summed E-state index contributed by atoms with van der Waals surface area (Å²) in [5.74, 6) is -0.344. The van der Waals surface area contributed by atoms with E-state index in [2.05, 4.69) is 41.0 Å². The van der Waals surface area contributed by atoms with Crippen LogP contribution in [0.2, 0.25) is 0 Å². The number of amides is 2. The third kappa shape index (κ3) is 6.43. The van der Waals surface area contributed by atoms with Gasteiger partial charge in [-0.15, -0.1) is 23.1 Å². The maximum absolute atomic E-state index is 13.7. The van der Waals surface area contributed by atoms with Gasteiger partial charge in [-0.25, -0.2) is 4.98 Å². The van der Waals surface area contributed by atoms with Crippen molar-refractivity contribution >= 4 is 56.5 Å². The van der Waals surface area contributed by atoms with Crippen LogP contribution in [0.5, 0.6) is 0 Å². The van der Waals surface area contributed by atoms with E-state index < -0.39 is 5.25 Å². The number of thiazole rings is 1. The topological polar surface area (TPSA) is 71.1 Å². The fourth-order valence-electron chi connectivity index (χ4n) is 4.66. The molecule has 0 saturated carbocycles. The minimum Gasteiger partial charge on any atom is -0.322 e. The fourth-order valence-corrected chi connectivity index (χ4v) is 6.46. The van der Waals surface area contributed by atoms with Crippen molar-refractivity contribution < 1.29 is 9.59 Å². The Hall–Kier alpha value is -4.72. The molecule has 0 aliphatic rings. The highest BCUT2D eigenvalue weighted by Crippen LogP contribution is 2.38. The zero-order chi connectivity index (χ0) is 28.9. The van der Waals surface area contributed by atoms with E-state index in [4.69, 9.17) is 4.98 Å². The first-order valence-electron chi connectivity index (χ1n) is 13.5. The van der Waals surface area contributed by atoms with E-state index in [1.807, 2.05) is 97.2 Å². The molecule has 0 saturated heterocycles. The molecule has 5 aromatic carbocycles. The number of aryl methyl sites for hydroxylation is 1. The quantitative estimate of drug-likeness (QED) is 0.175. The van der Waals surface area contributed by atoms with Crippen LogP contribution in [0.4, 0.5) is 10.8 Å². The van der Waals surface area contributed by atoms with Crippen molar-refractivity contribution in [3.63, 3.8) is 0 Å². The molecule has 6 aromatic rings. The Labute approximate surface area is 252 Å². The number of carbonyl (C=O) groups excluding carboxylic acids is 2. The Morgan fingerprint density at radius 2 is 1.55 bits per heavy atom. The second-order valence-electron chi connectivity index (χ2n) is 9.85. The monoisotopic (exact) mass is 585 g/mol. The van der Waals surface area contributed by atoms with Gasteiger partial charge >= 0.3 is 0 Å². The molecule has 6 rings (SSSR count). The maximum Gasteiger partial charge on any atom is 0.255 e. The Morgan fingerprint density at radius 3 is 2.38 bits per heavy atom. The second kappa shape index (κ2) is 12.4. The van der Waals surface area contributed by atoms with Crippen molar-refractivity contribution in [3.05, 3.63) is 143 Å². The summed E-state index contributed by atoms with van der Waals surface area (Å²) in [6, 6.07) is 39.2. The van der Waals surface area contributed by atoms with E-state index in [1.54, 1.807) is 6.07 Å². The van der Waals surface area contributed by atoms with Gasteiger partial charge in [0.15, 0.2) is 5.13 Å². The lowest BCUT2D eigenvalue weighted by atomic mass is 10.1. The zero-order valence-electron chi connectivity index (χ0n) is 22.8. The molecule has 2 N–H and O–H groups in total. The number of aromatic nitrogens is 1.